The minimum atomic E-state index is -0.528. The first-order valence-corrected chi connectivity index (χ1v) is 1.60. The summed E-state index contributed by atoms with van der Waals surface area (Å²) in [4.78, 5) is 0. The third-order valence-corrected chi connectivity index (χ3v) is 0. The second kappa shape index (κ2) is 1.12. The molecule has 0 aromatic rings. The molecule has 0 rings (SSSR count). The van der Waals surface area contributed by atoms with E-state index in [0.29, 0.717) is 0 Å². The van der Waals surface area contributed by atoms with Gasteiger partial charge in [-0.3, -0.25) is 0 Å². The molecule has 0 heterocycles. The number of quaternary nitrogens is 1. The molecular weight excluding hydrogens is 89.5 g/mol. The summed E-state index contributed by atoms with van der Waals surface area (Å²) in [7, 11) is 2.89. The van der Waals surface area contributed by atoms with Gasteiger partial charge in [-0.1, -0.05) is 4.17 Å². The molecule has 0 aliphatic carbocycles. The van der Waals surface area contributed by atoms with Gasteiger partial charge < -0.3 is 0 Å². The zero-order chi connectivity index (χ0) is 4.50. The summed E-state index contributed by atoms with van der Waals surface area (Å²) in [5.74, 6) is 0. The van der Waals surface area contributed by atoms with Gasteiger partial charge in [-0.25, -0.2) is 0 Å². The zero-order valence-corrected chi connectivity index (χ0v) is 4.03. The quantitative estimate of drug-likeness (QED) is 0.346. The van der Waals surface area contributed by atoms with Crippen molar-refractivity contribution in [3.63, 3.8) is 0 Å². The number of hydrogen-bond donors (Lipinski definition) is 1. The summed E-state index contributed by atoms with van der Waals surface area (Å²) in [5.41, 5.74) is 0. The van der Waals surface area contributed by atoms with Gasteiger partial charge in [0, 0.05) is 0 Å². The van der Waals surface area contributed by atoms with E-state index >= 15 is 0 Å². The zero-order valence-electron chi connectivity index (χ0n) is 3.27. The third kappa shape index (κ3) is 466. The normalized spacial score (nSPS) is 12.0. The number of hydrogen-bond acceptors (Lipinski definition) is 1. The lowest BCUT2D eigenvalue weighted by Gasteiger charge is -2.02. The SMILES string of the molecule is C[N+](C)(O)Cl. The summed E-state index contributed by atoms with van der Waals surface area (Å²) in [6, 6.07) is 0. The summed E-state index contributed by atoms with van der Waals surface area (Å²) >= 11 is 5.02. The van der Waals surface area contributed by atoms with Crippen LogP contribution in [0.4, 0.5) is 0 Å². The molecule has 5 heavy (non-hydrogen) atoms. The molecule has 0 bridgehead atoms. The van der Waals surface area contributed by atoms with Crippen molar-refractivity contribution in [3.05, 3.63) is 0 Å². The number of rotatable bonds is 0. The fraction of sp³-hybridized carbons (Fsp3) is 1.00. The molecule has 0 fully saturated rings. The summed E-state index contributed by atoms with van der Waals surface area (Å²) in [6.07, 6.45) is 0. The van der Waals surface area contributed by atoms with E-state index in [9.17, 15) is 0 Å². The molecule has 2 nitrogen and oxygen atoms in total. The molecule has 0 atom stereocenters. The predicted octanol–water partition coefficient (Wildman–Crippen LogP) is 0.606. The fourth-order valence-electron chi connectivity index (χ4n) is 0. The van der Waals surface area contributed by atoms with Crippen LogP contribution in [0.15, 0.2) is 0 Å². The van der Waals surface area contributed by atoms with E-state index in [-0.39, 0.29) is 0 Å². The van der Waals surface area contributed by atoms with Gasteiger partial charge in [0.2, 0.25) is 11.8 Å². The van der Waals surface area contributed by atoms with Gasteiger partial charge >= 0.3 is 0 Å². The Morgan fingerprint density at radius 2 is 1.60 bits per heavy atom. The molecular formula is C2H7ClNO+. The van der Waals surface area contributed by atoms with Crippen LogP contribution in [0.5, 0.6) is 0 Å². The average Bonchev–Trinajstić information content (AvgIpc) is 0.722. The van der Waals surface area contributed by atoms with Crippen molar-refractivity contribution in [2.45, 2.75) is 0 Å². The van der Waals surface area contributed by atoms with Crippen LogP contribution in [0.25, 0.3) is 0 Å². The second-order valence-electron chi connectivity index (χ2n) is 1.26. The Kier molecular flexibility index (Phi) is 1.17. The summed E-state index contributed by atoms with van der Waals surface area (Å²) < 4.78 is -0.528. The van der Waals surface area contributed by atoms with Crippen LogP contribution in [0, 0.1) is 0 Å². The van der Waals surface area contributed by atoms with Gasteiger partial charge in [-0.15, -0.1) is 0 Å². The van der Waals surface area contributed by atoms with Crippen LogP contribution < -0.4 is 0 Å². The van der Waals surface area contributed by atoms with Gasteiger partial charge in [0.1, 0.15) is 14.1 Å². The van der Waals surface area contributed by atoms with Crippen LogP contribution in [0.3, 0.4) is 0 Å². The Morgan fingerprint density at radius 1 is 1.60 bits per heavy atom. The highest BCUT2D eigenvalue weighted by molar-refractivity contribution is 6.05. The molecule has 0 spiro atoms. The molecule has 0 aromatic carbocycles. The lowest BCUT2D eigenvalue weighted by atomic mass is 11.2. The third-order valence-electron chi connectivity index (χ3n) is 0. The Bertz CT molecular complexity index is 25.1. The smallest absolute Gasteiger partial charge is 0.198 e. The molecule has 0 radical (unpaired) electrons. The van der Waals surface area contributed by atoms with E-state index in [2.05, 4.69) is 0 Å². The van der Waals surface area contributed by atoms with Crippen molar-refractivity contribution < 1.29 is 9.37 Å². The number of hydroxylamine groups is 2. The minimum absolute atomic E-state index is 0.528. The van der Waals surface area contributed by atoms with Crippen molar-refractivity contribution in [2.24, 2.45) is 0 Å². The summed E-state index contributed by atoms with van der Waals surface area (Å²) in [6.45, 7) is 0. The van der Waals surface area contributed by atoms with Crippen LogP contribution in [-0.2, 0) is 0 Å². The van der Waals surface area contributed by atoms with Crippen LogP contribution in [0.1, 0.15) is 0 Å². The molecule has 32 valence electrons. The van der Waals surface area contributed by atoms with E-state index in [4.69, 9.17) is 17.0 Å². The Balaban J connectivity index is 3.02. The predicted molar refractivity (Wildman–Crippen MR) is 19.7 cm³/mol. The van der Waals surface area contributed by atoms with Crippen LogP contribution >= 0.6 is 11.8 Å². The molecule has 0 saturated carbocycles. The van der Waals surface area contributed by atoms with Crippen molar-refractivity contribution in [2.75, 3.05) is 14.1 Å². The first-order valence-electron chi connectivity index (χ1n) is 1.26. The molecule has 0 amide bonds. The maximum Gasteiger partial charge on any atom is 0.204 e. The van der Waals surface area contributed by atoms with Crippen molar-refractivity contribution >= 4 is 11.8 Å². The van der Waals surface area contributed by atoms with E-state index < -0.39 is 4.17 Å². The highest BCUT2D eigenvalue weighted by Crippen LogP contribution is 1.90. The van der Waals surface area contributed by atoms with Gasteiger partial charge in [0.05, 0.1) is 0 Å². The maximum atomic E-state index is 8.22. The number of nitrogens with zero attached hydrogens (tertiary/aromatic N) is 1. The fourth-order valence-corrected chi connectivity index (χ4v) is 0. The highest BCUT2D eigenvalue weighted by atomic mass is 35.5. The molecule has 3 heteroatoms. The first kappa shape index (κ1) is 5.21. The van der Waals surface area contributed by atoms with Gasteiger partial charge in [-0.2, -0.15) is 5.21 Å². The molecule has 0 aliphatic rings. The van der Waals surface area contributed by atoms with E-state index in [0.717, 1.165) is 0 Å². The largest absolute Gasteiger partial charge is 0.204 e. The number of halogens is 1. The molecule has 0 aliphatic heterocycles. The van der Waals surface area contributed by atoms with Gasteiger partial charge in [0.15, 0.2) is 0 Å². The Hall–Kier alpha value is 0.210. The van der Waals surface area contributed by atoms with Crippen LogP contribution in [0.2, 0.25) is 0 Å². The molecule has 0 saturated heterocycles. The van der Waals surface area contributed by atoms with Crippen molar-refractivity contribution in [1.82, 2.24) is 0 Å². The Morgan fingerprint density at radius 3 is 1.60 bits per heavy atom. The minimum Gasteiger partial charge on any atom is -0.198 e. The average molecular weight is 96.5 g/mol. The Labute approximate surface area is 36.2 Å². The van der Waals surface area contributed by atoms with Crippen molar-refractivity contribution in [3.8, 4) is 0 Å². The lowest BCUT2D eigenvalue weighted by molar-refractivity contribution is -0.977. The van der Waals surface area contributed by atoms with Gasteiger partial charge in [0.25, 0.3) is 0 Å². The highest BCUT2D eigenvalue weighted by Gasteiger charge is 1.99. The van der Waals surface area contributed by atoms with Crippen molar-refractivity contribution in [1.29, 1.82) is 0 Å². The standard InChI is InChI=1S/C2H7ClNO/c1-4(2,3)5/h5H,1-2H3/q+1. The van der Waals surface area contributed by atoms with E-state index in [1.54, 1.807) is 0 Å². The lowest BCUT2D eigenvalue weighted by Crippen LogP contribution is -2.20. The topological polar surface area (TPSA) is 20.2 Å². The summed E-state index contributed by atoms with van der Waals surface area (Å²) in [5, 5.41) is 8.22. The van der Waals surface area contributed by atoms with E-state index in [1.807, 2.05) is 0 Å². The van der Waals surface area contributed by atoms with E-state index in [1.165, 1.54) is 14.1 Å². The van der Waals surface area contributed by atoms with Crippen LogP contribution in [-0.4, -0.2) is 23.5 Å². The van der Waals surface area contributed by atoms with Gasteiger partial charge in [-0.05, 0) is 0 Å². The second-order valence-corrected chi connectivity index (χ2v) is 2.09. The molecule has 1 N–H and O–H groups in total. The first-order chi connectivity index (χ1) is 2.00. The monoisotopic (exact) mass is 96.0 g/mol. The maximum absolute atomic E-state index is 8.22. The molecule has 0 aromatic heterocycles. The molecule has 0 unspecified atom stereocenters.